The van der Waals surface area contributed by atoms with E-state index < -0.39 is 0 Å². The number of hydrazine groups is 1. The number of piperidine rings is 2. The van der Waals surface area contributed by atoms with Gasteiger partial charge in [0.1, 0.15) is 5.84 Å². The largest absolute Gasteiger partial charge is 0.371 e. The first-order valence-electron chi connectivity index (χ1n) is 15.3. The fourth-order valence-electron chi connectivity index (χ4n) is 6.95. The van der Waals surface area contributed by atoms with Crippen LogP contribution in [-0.4, -0.2) is 108 Å². The number of amidine groups is 1. The van der Waals surface area contributed by atoms with Crippen LogP contribution in [0.2, 0.25) is 0 Å². The highest BCUT2D eigenvalue weighted by atomic mass is 16.2. The Morgan fingerprint density at radius 3 is 2.37 bits per heavy atom. The van der Waals surface area contributed by atoms with Crippen LogP contribution in [-0.2, 0) is 11.2 Å². The molecule has 0 spiro atoms. The van der Waals surface area contributed by atoms with E-state index in [9.17, 15) is 9.59 Å². The van der Waals surface area contributed by atoms with E-state index >= 15 is 0 Å². The summed E-state index contributed by atoms with van der Waals surface area (Å²) in [5, 5.41) is 2.07. The predicted molar refractivity (Wildman–Crippen MR) is 161 cm³/mol. The number of rotatable bonds is 6. The molecule has 5 aliphatic heterocycles. The highest BCUT2D eigenvalue weighted by molar-refractivity contribution is 5.94. The Kier molecular flexibility index (Phi) is 7.57. The van der Waals surface area contributed by atoms with Crippen molar-refractivity contribution in [2.75, 3.05) is 53.4 Å². The van der Waals surface area contributed by atoms with Crippen molar-refractivity contribution in [1.82, 2.24) is 30.0 Å². The van der Waals surface area contributed by atoms with Crippen LogP contribution in [0.1, 0.15) is 55.5 Å². The number of hydrogen-bond acceptors (Lipinski definition) is 7. The normalized spacial score (nSPS) is 24.8. The van der Waals surface area contributed by atoms with Crippen LogP contribution in [0.25, 0.3) is 0 Å². The number of likely N-dealkylation sites (tertiary alicyclic amines) is 3. The Labute approximate surface area is 244 Å². The maximum atomic E-state index is 13.1. The summed E-state index contributed by atoms with van der Waals surface area (Å²) in [6.45, 7) is 10.1. The zero-order chi connectivity index (χ0) is 28.7. The lowest BCUT2D eigenvalue weighted by atomic mass is 9.82. The number of carbonyl (C=O) groups is 2. The number of fused-ring (bicyclic) bond motifs is 1. The average Bonchev–Trinajstić information content (AvgIpc) is 3.38. The standard InChI is InChI=1S/C32H45N7O2/c1-32(2)21-38(22-32)31(41)25-11-18-37(19-12-25)27-6-5-15-39-29(27)33-28(34-39)20-23-7-9-24(10-8-23)30(40)36(4)26-13-16-35(3)17-14-26/h5-10,15,25-26,29H,11-14,16-22H2,1-4H3,(H,33,34). The molecule has 0 radical (unpaired) electrons. The molecule has 3 fully saturated rings. The molecule has 1 aromatic carbocycles. The van der Waals surface area contributed by atoms with Crippen molar-refractivity contribution in [2.45, 2.75) is 58.2 Å². The molecule has 220 valence electrons. The van der Waals surface area contributed by atoms with Gasteiger partial charge in [0.2, 0.25) is 5.91 Å². The van der Waals surface area contributed by atoms with Gasteiger partial charge < -0.3 is 19.6 Å². The molecule has 41 heavy (non-hydrogen) atoms. The smallest absolute Gasteiger partial charge is 0.253 e. The molecule has 1 atom stereocenters. The third-order valence-corrected chi connectivity index (χ3v) is 9.47. The van der Waals surface area contributed by atoms with E-state index in [2.05, 4.69) is 53.3 Å². The first kappa shape index (κ1) is 27.8. The molecule has 9 heteroatoms. The Morgan fingerprint density at radius 2 is 1.71 bits per heavy atom. The Bertz CT molecular complexity index is 1230. The van der Waals surface area contributed by atoms with Gasteiger partial charge in [-0.15, -0.1) is 0 Å². The molecule has 6 rings (SSSR count). The number of aliphatic imine (C=N–C) groups is 1. The number of amides is 2. The summed E-state index contributed by atoms with van der Waals surface area (Å²) < 4.78 is 0. The van der Waals surface area contributed by atoms with Crippen molar-refractivity contribution >= 4 is 17.6 Å². The van der Waals surface area contributed by atoms with Gasteiger partial charge in [-0.1, -0.05) is 26.0 Å². The minimum Gasteiger partial charge on any atom is -0.371 e. The van der Waals surface area contributed by atoms with Crippen LogP contribution in [0, 0.1) is 11.3 Å². The van der Waals surface area contributed by atoms with Crippen molar-refractivity contribution in [3.05, 3.63) is 59.4 Å². The quantitative estimate of drug-likeness (QED) is 0.578. The van der Waals surface area contributed by atoms with Crippen molar-refractivity contribution in [3.8, 4) is 0 Å². The van der Waals surface area contributed by atoms with Crippen LogP contribution in [0.15, 0.2) is 53.3 Å². The summed E-state index contributed by atoms with van der Waals surface area (Å²) in [5.41, 5.74) is 6.78. The van der Waals surface area contributed by atoms with Crippen molar-refractivity contribution in [3.63, 3.8) is 0 Å². The van der Waals surface area contributed by atoms with E-state index in [0.717, 1.165) is 81.9 Å². The Morgan fingerprint density at radius 1 is 1.02 bits per heavy atom. The second-order valence-electron chi connectivity index (χ2n) is 13.3. The molecule has 0 bridgehead atoms. The summed E-state index contributed by atoms with van der Waals surface area (Å²) in [6, 6.07) is 8.30. The number of allylic oxidation sites excluding steroid dienone is 2. The molecular formula is C32H45N7O2. The molecular weight excluding hydrogens is 514 g/mol. The first-order valence-corrected chi connectivity index (χ1v) is 15.3. The van der Waals surface area contributed by atoms with Crippen molar-refractivity contribution in [1.29, 1.82) is 0 Å². The van der Waals surface area contributed by atoms with Gasteiger partial charge in [0.05, 0.1) is 5.70 Å². The maximum absolute atomic E-state index is 13.1. The lowest BCUT2D eigenvalue weighted by molar-refractivity contribution is -0.147. The molecule has 1 N–H and O–H groups in total. The summed E-state index contributed by atoms with van der Waals surface area (Å²) >= 11 is 0. The number of benzene rings is 1. The SMILES string of the molecule is CN1CCC(N(C)C(=O)c2ccc(CC3=NC4C(N5CCC(C(=O)N6CC(C)(C)C6)CC5)=CC=CN4N3)cc2)CC1. The maximum Gasteiger partial charge on any atom is 0.253 e. The average molecular weight is 560 g/mol. The second-order valence-corrected chi connectivity index (χ2v) is 13.3. The van der Waals surface area contributed by atoms with E-state index in [1.54, 1.807) is 0 Å². The van der Waals surface area contributed by atoms with E-state index in [4.69, 9.17) is 4.99 Å². The molecule has 0 aliphatic carbocycles. The molecule has 2 amide bonds. The lowest BCUT2D eigenvalue weighted by Gasteiger charge is -2.48. The summed E-state index contributed by atoms with van der Waals surface area (Å²) in [7, 11) is 4.08. The van der Waals surface area contributed by atoms with Crippen LogP contribution >= 0.6 is 0 Å². The van der Waals surface area contributed by atoms with Crippen LogP contribution in [0.5, 0.6) is 0 Å². The first-order chi connectivity index (χ1) is 19.7. The van der Waals surface area contributed by atoms with E-state index in [1.165, 1.54) is 5.70 Å². The molecule has 1 unspecified atom stereocenters. The van der Waals surface area contributed by atoms with Gasteiger partial charge in [-0.05, 0) is 81.1 Å². The second kappa shape index (κ2) is 11.2. The fourth-order valence-corrected chi connectivity index (χ4v) is 6.95. The molecule has 5 aliphatic rings. The highest BCUT2D eigenvalue weighted by Crippen LogP contribution is 2.33. The fraction of sp³-hybridized carbons (Fsp3) is 0.594. The van der Waals surface area contributed by atoms with Crippen molar-refractivity contribution < 1.29 is 9.59 Å². The van der Waals surface area contributed by atoms with E-state index in [0.29, 0.717) is 18.4 Å². The molecule has 1 aromatic rings. The molecule has 0 aromatic heterocycles. The number of nitrogens with one attached hydrogen (secondary N) is 1. The van der Waals surface area contributed by atoms with E-state index in [-0.39, 0.29) is 23.4 Å². The van der Waals surface area contributed by atoms with Gasteiger partial charge in [-0.2, -0.15) is 0 Å². The third-order valence-electron chi connectivity index (χ3n) is 9.47. The van der Waals surface area contributed by atoms with Gasteiger partial charge in [0.25, 0.3) is 5.91 Å². The Hall–Kier alpha value is -3.33. The molecule has 9 nitrogen and oxygen atoms in total. The van der Waals surface area contributed by atoms with Gasteiger partial charge in [-0.3, -0.25) is 20.0 Å². The summed E-state index contributed by atoms with van der Waals surface area (Å²) in [5.74, 6) is 1.49. The number of nitrogens with zero attached hydrogens (tertiary/aromatic N) is 6. The minimum absolute atomic E-state index is 0.0949. The van der Waals surface area contributed by atoms with Crippen LogP contribution in [0.4, 0.5) is 0 Å². The van der Waals surface area contributed by atoms with Crippen LogP contribution in [0.3, 0.4) is 0 Å². The molecule has 3 saturated heterocycles. The summed E-state index contributed by atoms with van der Waals surface area (Å²) in [6.07, 6.45) is 10.7. The topological polar surface area (TPSA) is 74.7 Å². The van der Waals surface area contributed by atoms with Crippen LogP contribution < -0.4 is 5.43 Å². The molecule has 0 saturated carbocycles. The predicted octanol–water partition coefficient (Wildman–Crippen LogP) is 2.93. The third kappa shape index (κ3) is 5.87. The van der Waals surface area contributed by atoms with Gasteiger partial charge in [-0.25, -0.2) is 4.99 Å². The monoisotopic (exact) mass is 559 g/mol. The van der Waals surface area contributed by atoms with E-state index in [1.807, 2.05) is 47.3 Å². The van der Waals surface area contributed by atoms with Gasteiger partial charge in [0, 0.05) is 63.4 Å². The van der Waals surface area contributed by atoms with Crippen molar-refractivity contribution in [2.24, 2.45) is 16.3 Å². The lowest BCUT2D eigenvalue weighted by Crippen LogP contribution is -2.57. The zero-order valence-corrected chi connectivity index (χ0v) is 25.1. The van der Waals surface area contributed by atoms with Gasteiger partial charge >= 0.3 is 0 Å². The number of hydrogen-bond donors (Lipinski definition) is 1. The molecule has 5 heterocycles. The van der Waals surface area contributed by atoms with Gasteiger partial charge in [0.15, 0.2) is 6.17 Å². The highest BCUT2D eigenvalue weighted by Gasteiger charge is 2.41. The number of carbonyl (C=O) groups excluding carboxylic acids is 2. The summed E-state index contributed by atoms with van der Waals surface area (Å²) in [4.78, 5) is 39.8. The minimum atomic E-state index is -0.0949. The zero-order valence-electron chi connectivity index (χ0n) is 25.1. The Balaban J connectivity index is 1.03.